The lowest BCUT2D eigenvalue weighted by atomic mass is 10.2. The molecule has 0 spiro atoms. The van der Waals surface area contributed by atoms with E-state index in [1.54, 1.807) is 7.11 Å². The predicted octanol–water partition coefficient (Wildman–Crippen LogP) is 1.25. The summed E-state index contributed by atoms with van der Waals surface area (Å²) in [5.41, 5.74) is 7.11. The molecule has 1 heterocycles. The van der Waals surface area contributed by atoms with Crippen LogP contribution in [0.2, 0.25) is 0 Å². The normalized spacial score (nSPS) is 15.9. The van der Waals surface area contributed by atoms with Crippen LogP contribution >= 0.6 is 0 Å². The molecule has 1 aliphatic rings. The van der Waals surface area contributed by atoms with Gasteiger partial charge in [0.2, 0.25) is 0 Å². The van der Waals surface area contributed by atoms with E-state index in [4.69, 9.17) is 19.9 Å². The van der Waals surface area contributed by atoms with Gasteiger partial charge in [-0.25, -0.2) is 4.99 Å². The van der Waals surface area contributed by atoms with E-state index >= 15 is 0 Å². The number of aliphatic imine (C=N–C) groups is 1. The zero-order valence-electron chi connectivity index (χ0n) is 13.2. The third kappa shape index (κ3) is 5.54. The maximum absolute atomic E-state index is 6.02. The van der Waals surface area contributed by atoms with Crippen LogP contribution in [0.1, 0.15) is 12.0 Å². The Morgan fingerprint density at radius 1 is 1.32 bits per heavy atom. The molecular formula is C16H25N3O3. The van der Waals surface area contributed by atoms with Gasteiger partial charge in [0.15, 0.2) is 5.96 Å². The Labute approximate surface area is 131 Å². The maximum Gasteiger partial charge on any atom is 0.191 e. The zero-order chi connectivity index (χ0) is 15.6. The van der Waals surface area contributed by atoms with Gasteiger partial charge in [-0.05, 0) is 17.7 Å². The Kier molecular flexibility index (Phi) is 6.99. The molecule has 6 nitrogen and oxygen atoms in total. The summed E-state index contributed by atoms with van der Waals surface area (Å²) in [5.74, 6) is 1.43. The number of rotatable bonds is 7. The molecule has 0 radical (unpaired) electrons. The molecule has 0 unspecified atom stereocenters. The molecule has 0 saturated carbocycles. The second-order valence-electron chi connectivity index (χ2n) is 5.12. The van der Waals surface area contributed by atoms with E-state index < -0.39 is 0 Å². The number of nitrogens with two attached hydrogens (primary N) is 1. The number of nitrogens with zero attached hydrogens (tertiary/aromatic N) is 2. The van der Waals surface area contributed by atoms with Crippen molar-refractivity contribution in [2.24, 2.45) is 10.7 Å². The smallest absolute Gasteiger partial charge is 0.191 e. The number of hydrogen-bond donors (Lipinski definition) is 1. The minimum absolute atomic E-state index is 0.554. The van der Waals surface area contributed by atoms with Crippen molar-refractivity contribution in [1.29, 1.82) is 0 Å². The van der Waals surface area contributed by atoms with E-state index in [-0.39, 0.29) is 0 Å². The van der Waals surface area contributed by atoms with Gasteiger partial charge in [0.1, 0.15) is 5.75 Å². The summed E-state index contributed by atoms with van der Waals surface area (Å²) < 4.78 is 16.0. The van der Waals surface area contributed by atoms with Gasteiger partial charge in [-0.1, -0.05) is 12.1 Å². The zero-order valence-corrected chi connectivity index (χ0v) is 13.2. The fourth-order valence-electron chi connectivity index (χ4n) is 2.19. The highest BCUT2D eigenvalue weighted by molar-refractivity contribution is 5.78. The van der Waals surface area contributed by atoms with Gasteiger partial charge in [-0.3, -0.25) is 0 Å². The van der Waals surface area contributed by atoms with Crippen LogP contribution < -0.4 is 10.5 Å². The van der Waals surface area contributed by atoms with Gasteiger partial charge >= 0.3 is 0 Å². The summed E-state index contributed by atoms with van der Waals surface area (Å²) in [6.07, 6.45) is 0.878. The van der Waals surface area contributed by atoms with Crippen LogP contribution in [-0.2, 0) is 16.0 Å². The van der Waals surface area contributed by atoms with Gasteiger partial charge in [0.25, 0.3) is 0 Å². The third-order valence-electron chi connectivity index (χ3n) is 3.42. The average Bonchev–Trinajstić information content (AvgIpc) is 2.58. The Balaban J connectivity index is 1.84. The minimum Gasteiger partial charge on any atom is -0.493 e. The first kappa shape index (κ1) is 16.6. The largest absolute Gasteiger partial charge is 0.493 e. The van der Waals surface area contributed by atoms with Crippen molar-refractivity contribution < 1.29 is 14.2 Å². The molecule has 2 rings (SSSR count). The summed E-state index contributed by atoms with van der Waals surface area (Å²) in [6, 6.07) is 7.95. The Morgan fingerprint density at radius 2 is 2.14 bits per heavy atom. The number of benzene rings is 1. The van der Waals surface area contributed by atoms with Crippen LogP contribution in [0.3, 0.4) is 0 Å². The molecule has 0 amide bonds. The SMILES string of the molecule is COCCCOc1cccc(CN=C(N)N2CCOCC2)c1. The van der Waals surface area contributed by atoms with Crippen molar-refractivity contribution >= 4 is 5.96 Å². The number of hydrogen-bond acceptors (Lipinski definition) is 4. The van der Waals surface area contributed by atoms with Gasteiger partial charge < -0.3 is 24.8 Å². The lowest BCUT2D eigenvalue weighted by molar-refractivity contribution is 0.0674. The highest BCUT2D eigenvalue weighted by atomic mass is 16.5. The van der Waals surface area contributed by atoms with Crippen LogP contribution in [0.5, 0.6) is 5.75 Å². The van der Waals surface area contributed by atoms with Crippen molar-refractivity contribution in [2.75, 3.05) is 46.6 Å². The lowest BCUT2D eigenvalue weighted by Crippen LogP contribution is -2.44. The number of methoxy groups -OCH3 is 1. The number of ether oxygens (including phenoxy) is 3. The van der Waals surface area contributed by atoms with E-state index in [1.165, 1.54) is 0 Å². The molecule has 0 atom stereocenters. The molecule has 1 fully saturated rings. The summed E-state index contributed by atoms with van der Waals surface area (Å²) in [7, 11) is 1.69. The van der Waals surface area contributed by atoms with Gasteiger partial charge in [-0.2, -0.15) is 0 Å². The summed E-state index contributed by atoms with van der Waals surface area (Å²) >= 11 is 0. The van der Waals surface area contributed by atoms with E-state index in [2.05, 4.69) is 9.89 Å². The molecule has 1 saturated heterocycles. The topological polar surface area (TPSA) is 69.3 Å². The Bertz CT molecular complexity index is 473. The Hall–Kier alpha value is -1.79. The molecule has 0 aliphatic carbocycles. The first-order valence-electron chi connectivity index (χ1n) is 7.63. The van der Waals surface area contributed by atoms with Crippen molar-refractivity contribution in [1.82, 2.24) is 4.90 Å². The Morgan fingerprint density at radius 3 is 2.91 bits per heavy atom. The molecule has 2 N–H and O–H groups in total. The molecule has 0 bridgehead atoms. The van der Waals surface area contributed by atoms with Gasteiger partial charge in [0, 0.05) is 33.2 Å². The second-order valence-corrected chi connectivity index (χ2v) is 5.12. The molecule has 0 aromatic heterocycles. The molecule has 1 aliphatic heterocycles. The monoisotopic (exact) mass is 307 g/mol. The lowest BCUT2D eigenvalue weighted by Gasteiger charge is -2.27. The fourth-order valence-corrected chi connectivity index (χ4v) is 2.19. The van der Waals surface area contributed by atoms with Crippen LogP contribution in [0.4, 0.5) is 0 Å². The summed E-state index contributed by atoms with van der Waals surface area (Å²) in [4.78, 5) is 6.51. The molecule has 1 aromatic rings. The van der Waals surface area contributed by atoms with E-state index in [9.17, 15) is 0 Å². The second kappa shape index (κ2) is 9.27. The number of guanidine groups is 1. The van der Waals surface area contributed by atoms with Crippen LogP contribution in [0.25, 0.3) is 0 Å². The summed E-state index contributed by atoms with van der Waals surface area (Å²) in [6.45, 7) is 4.94. The molecule has 22 heavy (non-hydrogen) atoms. The van der Waals surface area contributed by atoms with Crippen LogP contribution in [0, 0.1) is 0 Å². The first-order chi connectivity index (χ1) is 10.8. The third-order valence-corrected chi connectivity index (χ3v) is 3.42. The standard InChI is InChI=1S/C16H25N3O3/c1-20-8-3-9-22-15-5-2-4-14(12-15)13-18-16(17)19-6-10-21-11-7-19/h2,4-5,12H,3,6-11,13H2,1H3,(H2,17,18). The van der Waals surface area contributed by atoms with Gasteiger partial charge in [0.05, 0.1) is 26.4 Å². The first-order valence-corrected chi connectivity index (χ1v) is 7.63. The highest BCUT2D eigenvalue weighted by Gasteiger charge is 2.11. The predicted molar refractivity (Wildman–Crippen MR) is 86.1 cm³/mol. The summed E-state index contributed by atoms with van der Waals surface area (Å²) in [5, 5.41) is 0. The van der Waals surface area contributed by atoms with Crippen LogP contribution in [-0.4, -0.2) is 57.5 Å². The van der Waals surface area contributed by atoms with Crippen molar-refractivity contribution in [2.45, 2.75) is 13.0 Å². The van der Waals surface area contributed by atoms with E-state index in [0.29, 0.717) is 38.9 Å². The average molecular weight is 307 g/mol. The minimum atomic E-state index is 0.554. The number of morpholine rings is 1. The van der Waals surface area contributed by atoms with Crippen molar-refractivity contribution in [3.05, 3.63) is 29.8 Å². The quantitative estimate of drug-likeness (QED) is 0.466. The van der Waals surface area contributed by atoms with Crippen LogP contribution in [0.15, 0.2) is 29.3 Å². The molecule has 1 aromatic carbocycles. The van der Waals surface area contributed by atoms with Gasteiger partial charge in [-0.15, -0.1) is 0 Å². The highest BCUT2D eigenvalue weighted by Crippen LogP contribution is 2.14. The molecule has 6 heteroatoms. The van der Waals surface area contributed by atoms with E-state index in [0.717, 1.165) is 30.8 Å². The molecule has 122 valence electrons. The maximum atomic E-state index is 6.02. The van der Waals surface area contributed by atoms with Crippen molar-refractivity contribution in [3.63, 3.8) is 0 Å². The van der Waals surface area contributed by atoms with Crippen molar-refractivity contribution in [3.8, 4) is 5.75 Å². The van der Waals surface area contributed by atoms with E-state index in [1.807, 2.05) is 24.3 Å². The fraction of sp³-hybridized carbons (Fsp3) is 0.562. The molecular weight excluding hydrogens is 282 g/mol.